The van der Waals surface area contributed by atoms with Crippen molar-refractivity contribution in [3.8, 4) is 22.9 Å². The molecule has 196 valence electrons. The zero-order valence-electron chi connectivity index (χ0n) is 21.4. The van der Waals surface area contributed by atoms with Crippen LogP contribution in [0.3, 0.4) is 0 Å². The van der Waals surface area contributed by atoms with Gasteiger partial charge in [0.15, 0.2) is 5.65 Å². The zero-order chi connectivity index (χ0) is 27.0. The lowest BCUT2D eigenvalue weighted by molar-refractivity contribution is 0.0940. The molecule has 0 bridgehead atoms. The van der Waals surface area contributed by atoms with Gasteiger partial charge in [0.1, 0.15) is 5.75 Å². The molecule has 5 N–H and O–H groups in total. The van der Waals surface area contributed by atoms with Crippen LogP contribution in [0.15, 0.2) is 48.9 Å². The molecule has 2 amide bonds. The number of carbonyl (C=O) groups excluding carboxylic acids is 2. The second-order valence-corrected chi connectivity index (χ2v) is 10.1. The summed E-state index contributed by atoms with van der Waals surface area (Å²) in [7, 11) is 0. The minimum atomic E-state index is -0.982. The molecule has 0 spiro atoms. The van der Waals surface area contributed by atoms with Crippen molar-refractivity contribution >= 4 is 23.1 Å². The van der Waals surface area contributed by atoms with E-state index in [1.807, 2.05) is 19.1 Å². The van der Waals surface area contributed by atoms with E-state index in [4.69, 9.17) is 10.5 Å². The molecule has 1 aromatic carbocycles. The molecule has 3 aromatic heterocycles. The summed E-state index contributed by atoms with van der Waals surface area (Å²) in [6, 6.07) is 9.00. The third kappa shape index (κ3) is 5.57. The molecule has 5 rings (SSSR count). The summed E-state index contributed by atoms with van der Waals surface area (Å²) < 4.78 is 7.57. The Morgan fingerprint density at radius 2 is 1.97 bits per heavy atom. The number of hydrogen-bond acceptors (Lipinski definition) is 8. The van der Waals surface area contributed by atoms with Crippen molar-refractivity contribution in [2.24, 2.45) is 5.73 Å². The fourth-order valence-electron chi connectivity index (χ4n) is 3.93. The predicted octanol–water partition coefficient (Wildman–Crippen LogP) is 3.07. The van der Waals surface area contributed by atoms with Crippen LogP contribution < -0.4 is 21.1 Å². The Labute approximate surface area is 219 Å². The molecular formula is C27H29N7O4. The summed E-state index contributed by atoms with van der Waals surface area (Å²) in [5, 5.41) is 21.1. The van der Waals surface area contributed by atoms with Crippen molar-refractivity contribution in [1.82, 2.24) is 24.9 Å². The summed E-state index contributed by atoms with van der Waals surface area (Å²) in [6.45, 7) is 5.53. The van der Waals surface area contributed by atoms with E-state index in [0.717, 1.165) is 24.0 Å². The number of aromatic nitrogens is 4. The number of carbonyl (C=O) groups is 2. The highest BCUT2D eigenvalue weighted by Crippen LogP contribution is 2.30. The fraction of sp³-hybridized carbons (Fsp3) is 0.296. The number of hydrogen-bond donors (Lipinski definition) is 4. The van der Waals surface area contributed by atoms with Crippen LogP contribution in [-0.2, 0) is 0 Å². The second kappa shape index (κ2) is 9.75. The fourth-order valence-corrected chi connectivity index (χ4v) is 3.93. The average molecular weight is 516 g/mol. The Bertz CT molecular complexity index is 1540. The van der Waals surface area contributed by atoms with Gasteiger partial charge >= 0.3 is 0 Å². The third-order valence-electron chi connectivity index (χ3n) is 6.06. The van der Waals surface area contributed by atoms with Gasteiger partial charge in [0.2, 0.25) is 11.8 Å². The Morgan fingerprint density at radius 1 is 1.18 bits per heavy atom. The Kier molecular flexibility index (Phi) is 6.45. The molecule has 1 fully saturated rings. The number of amides is 2. The molecule has 11 heteroatoms. The first-order valence-electron chi connectivity index (χ1n) is 12.3. The predicted molar refractivity (Wildman–Crippen MR) is 141 cm³/mol. The van der Waals surface area contributed by atoms with Crippen LogP contribution >= 0.6 is 0 Å². The van der Waals surface area contributed by atoms with E-state index in [1.54, 1.807) is 36.7 Å². The molecule has 0 aliphatic heterocycles. The average Bonchev–Trinajstić information content (AvgIpc) is 3.57. The second-order valence-electron chi connectivity index (χ2n) is 10.1. The van der Waals surface area contributed by atoms with E-state index >= 15 is 0 Å². The van der Waals surface area contributed by atoms with Crippen molar-refractivity contribution in [2.75, 3.05) is 11.9 Å². The number of anilines is 1. The number of aryl methyl sites for hydroxylation is 1. The van der Waals surface area contributed by atoms with E-state index in [9.17, 15) is 14.7 Å². The van der Waals surface area contributed by atoms with Gasteiger partial charge in [-0.15, -0.1) is 5.10 Å². The Morgan fingerprint density at radius 3 is 2.66 bits per heavy atom. The quantitative estimate of drug-likeness (QED) is 0.265. The number of rotatable bonds is 9. The number of pyridine rings is 1. The van der Waals surface area contributed by atoms with Crippen LogP contribution in [0.1, 0.15) is 53.0 Å². The van der Waals surface area contributed by atoms with Gasteiger partial charge in [-0.1, -0.05) is 6.07 Å². The number of ether oxygens (including phenoxy) is 1. The van der Waals surface area contributed by atoms with Crippen LogP contribution in [0.2, 0.25) is 0 Å². The van der Waals surface area contributed by atoms with Crippen LogP contribution in [0.4, 0.5) is 5.69 Å². The number of aliphatic hydroxyl groups is 1. The number of benzene rings is 1. The molecule has 1 saturated carbocycles. The maximum absolute atomic E-state index is 12.6. The molecule has 0 saturated heterocycles. The molecule has 4 aromatic rings. The number of imidazole rings is 1. The van der Waals surface area contributed by atoms with E-state index in [0.29, 0.717) is 22.6 Å². The van der Waals surface area contributed by atoms with Crippen LogP contribution in [0.25, 0.3) is 16.9 Å². The topological polar surface area (TPSA) is 157 Å². The van der Waals surface area contributed by atoms with Crippen molar-refractivity contribution in [1.29, 1.82) is 0 Å². The lowest BCUT2D eigenvalue weighted by Gasteiger charge is -2.19. The molecule has 1 aliphatic rings. The maximum Gasteiger partial charge on any atom is 0.251 e. The standard InChI is InChI=1S/C27H29N7O4/c1-15-8-16(4-7-20(15)26(36)32-18-5-6-18)22-13-30-25-21(31-14-27(2,3)37)10-23(33-34(22)25)38-19-9-17(24(28)35)11-29-12-19/h4,7-13,18,31,37H,5-6,14H2,1-3H3,(H2,28,35)(H,32,36). The van der Waals surface area contributed by atoms with Crippen molar-refractivity contribution < 1.29 is 19.4 Å². The van der Waals surface area contributed by atoms with E-state index < -0.39 is 11.5 Å². The SMILES string of the molecule is Cc1cc(-c2cnc3c(NCC(C)(C)O)cc(Oc4cncc(C(N)=O)c4)nn23)ccc1C(=O)NC1CC1. The summed E-state index contributed by atoms with van der Waals surface area (Å²) in [5.74, 6) is -0.213. The minimum Gasteiger partial charge on any atom is -0.436 e. The van der Waals surface area contributed by atoms with Crippen molar-refractivity contribution in [3.05, 3.63) is 65.6 Å². The lowest BCUT2D eigenvalue weighted by atomic mass is 10.0. The van der Waals surface area contributed by atoms with Gasteiger partial charge in [-0.2, -0.15) is 0 Å². The summed E-state index contributed by atoms with van der Waals surface area (Å²) >= 11 is 0. The maximum atomic E-state index is 12.6. The first-order chi connectivity index (χ1) is 18.1. The lowest BCUT2D eigenvalue weighted by Crippen LogP contribution is -2.29. The molecule has 1 aliphatic carbocycles. The third-order valence-corrected chi connectivity index (χ3v) is 6.06. The van der Waals surface area contributed by atoms with Gasteiger partial charge in [-0.3, -0.25) is 14.6 Å². The van der Waals surface area contributed by atoms with Crippen molar-refractivity contribution in [2.45, 2.75) is 45.3 Å². The molecule has 11 nitrogen and oxygen atoms in total. The minimum absolute atomic E-state index is 0.0755. The molecule has 0 atom stereocenters. The molecule has 0 unspecified atom stereocenters. The van der Waals surface area contributed by atoms with E-state index in [2.05, 4.69) is 25.7 Å². The van der Waals surface area contributed by atoms with Crippen molar-refractivity contribution in [3.63, 3.8) is 0 Å². The van der Waals surface area contributed by atoms with Gasteiger partial charge in [0.25, 0.3) is 5.91 Å². The number of fused-ring (bicyclic) bond motifs is 1. The highest BCUT2D eigenvalue weighted by atomic mass is 16.5. The van der Waals surface area contributed by atoms with E-state index in [1.165, 1.54) is 18.5 Å². The van der Waals surface area contributed by atoms with E-state index in [-0.39, 0.29) is 35.7 Å². The summed E-state index contributed by atoms with van der Waals surface area (Å²) in [6.07, 6.45) is 6.54. The van der Waals surface area contributed by atoms with Gasteiger partial charge in [0, 0.05) is 36.0 Å². The smallest absolute Gasteiger partial charge is 0.251 e. The molecule has 3 heterocycles. The monoisotopic (exact) mass is 515 g/mol. The highest BCUT2D eigenvalue weighted by molar-refractivity contribution is 5.96. The largest absolute Gasteiger partial charge is 0.436 e. The summed E-state index contributed by atoms with van der Waals surface area (Å²) in [5.41, 5.74) is 8.65. The van der Waals surface area contributed by atoms with Gasteiger partial charge in [-0.05, 0) is 57.4 Å². The summed E-state index contributed by atoms with van der Waals surface area (Å²) in [4.78, 5) is 32.7. The Balaban J connectivity index is 1.54. The van der Waals surface area contributed by atoms with Crippen LogP contribution in [-0.4, -0.2) is 54.7 Å². The van der Waals surface area contributed by atoms with Crippen LogP contribution in [0.5, 0.6) is 11.6 Å². The Hall–Kier alpha value is -4.51. The highest BCUT2D eigenvalue weighted by Gasteiger charge is 2.25. The molecule has 0 radical (unpaired) electrons. The van der Waals surface area contributed by atoms with Crippen LogP contribution in [0, 0.1) is 6.92 Å². The molecular weight excluding hydrogens is 486 g/mol. The van der Waals surface area contributed by atoms with Gasteiger partial charge in [-0.25, -0.2) is 9.50 Å². The molecule has 38 heavy (non-hydrogen) atoms. The van der Waals surface area contributed by atoms with Gasteiger partial charge in [0.05, 0.1) is 34.9 Å². The van der Waals surface area contributed by atoms with Gasteiger partial charge < -0.3 is 26.2 Å². The number of nitrogens with one attached hydrogen (secondary N) is 2. The number of nitrogens with two attached hydrogens (primary N) is 1. The first kappa shape index (κ1) is 25.2. The first-order valence-corrected chi connectivity index (χ1v) is 12.3. The number of primary amides is 1. The normalized spacial score (nSPS) is 13.4. The zero-order valence-corrected chi connectivity index (χ0v) is 21.4. The number of nitrogens with zero attached hydrogens (tertiary/aromatic N) is 4.